The van der Waals surface area contributed by atoms with Crippen molar-refractivity contribution < 1.29 is 31.5 Å². The number of carbonyl (C=O) groups excluding carboxylic acids is 1. The summed E-state index contributed by atoms with van der Waals surface area (Å²) in [5.41, 5.74) is 0.122. The molecule has 1 aliphatic rings. The predicted molar refractivity (Wildman–Crippen MR) is 142 cm³/mol. The first-order chi connectivity index (χ1) is 17.5. The van der Waals surface area contributed by atoms with Crippen LogP contribution in [0.5, 0.6) is 5.75 Å². The van der Waals surface area contributed by atoms with Crippen LogP contribution in [0.25, 0.3) is 6.08 Å². The minimum absolute atomic E-state index is 0.000790. The number of ether oxygens (including phenoxy) is 1. The van der Waals surface area contributed by atoms with Crippen LogP contribution in [0.1, 0.15) is 23.6 Å². The Morgan fingerprint density at radius 2 is 1.59 bits per heavy atom. The van der Waals surface area contributed by atoms with E-state index in [0.717, 1.165) is 9.13 Å². The lowest BCUT2D eigenvalue weighted by Gasteiger charge is -2.15. The van der Waals surface area contributed by atoms with Gasteiger partial charge in [0.05, 0.1) is 26.5 Å². The lowest BCUT2D eigenvalue weighted by Crippen LogP contribution is -2.25. The molecule has 0 saturated heterocycles. The van der Waals surface area contributed by atoms with Crippen LogP contribution in [0.15, 0.2) is 47.1 Å². The molecule has 0 atom stereocenters. The number of hydrogen-bond acceptors (Lipinski definition) is 4. The maximum atomic E-state index is 14.3. The monoisotopic (exact) mass is 735 g/mol. The molecule has 5 nitrogen and oxygen atoms in total. The Morgan fingerprint density at radius 1 is 1.00 bits per heavy atom. The fourth-order valence-corrected chi connectivity index (χ4v) is 5.49. The van der Waals surface area contributed by atoms with Crippen LogP contribution in [0.3, 0.4) is 0 Å². The molecule has 1 aliphatic heterocycles. The molecule has 37 heavy (non-hydrogen) atoms. The molecule has 3 aromatic rings. The van der Waals surface area contributed by atoms with Crippen molar-refractivity contribution in [2.75, 3.05) is 5.01 Å². The maximum absolute atomic E-state index is 14.3. The van der Waals surface area contributed by atoms with Gasteiger partial charge in [-0.05, 0) is 88.0 Å². The number of halogens is 7. The van der Waals surface area contributed by atoms with Crippen molar-refractivity contribution in [3.63, 3.8) is 0 Å². The van der Waals surface area contributed by atoms with Gasteiger partial charge in [0.25, 0.3) is 5.91 Å². The summed E-state index contributed by atoms with van der Waals surface area (Å²) in [4.78, 5) is 13.1. The molecule has 0 bridgehead atoms. The number of anilines is 1. The van der Waals surface area contributed by atoms with Gasteiger partial charge in [0.2, 0.25) is 5.82 Å². The number of carbonyl (C=O) groups is 1. The molecule has 12 heteroatoms. The van der Waals surface area contributed by atoms with Gasteiger partial charge in [-0.3, -0.25) is 4.79 Å². The van der Waals surface area contributed by atoms with Crippen molar-refractivity contribution in [2.24, 2.45) is 5.10 Å². The largest absolute Gasteiger partial charge is 0.487 e. The molecular weight excluding hydrogens is 723 g/mol. The highest BCUT2D eigenvalue weighted by Crippen LogP contribution is 2.36. The van der Waals surface area contributed by atoms with E-state index in [4.69, 9.17) is 10.00 Å². The predicted octanol–water partition coefficient (Wildman–Crippen LogP) is 6.85. The molecule has 0 spiro atoms. The molecule has 0 saturated carbocycles. The minimum atomic E-state index is -2.33. The number of nitriles is 1. The number of hydrazone groups is 1. The lowest BCUT2D eigenvalue weighted by molar-refractivity contribution is -0.114. The van der Waals surface area contributed by atoms with Gasteiger partial charge in [0.1, 0.15) is 18.0 Å². The third-order valence-electron chi connectivity index (χ3n) is 5.26. The van der Waals surface area contributed by atoms with E-state index in [1.807, 2.05) is 34.7 Å². The SMILES string of the molecule is CC1=NN(c2c(F)c(F)c(F)c(F)c2F)C(=O)/C1=C\c1cc(I)cc(I)c1OCc1ccc(C#N)cc1. The zero-order chi connectivity index (χ0) is 27.0. The second-order valence-electron chi connectivity index (χ2n) is 7.68. The highest BCUT2D eigenvalue weighted by Gasteiger charge is 2.37. The van der Waals surface area contributed by atoms with Crippen molar-refractivity contribution in [2.45, 2.75) is 13.5 Å². The van der Waals surface area contributed by atoms with Crippen molar-refractivity contribution in [3.8, 4) is 11.8 Å². The summed E-state index contributed by atoms with van der Waals surface area (Å²) in [6.45, 7) is 1.50. The summed E-state index contributed by atoms with van der Waals surface area (Å²) in [5, 5.41) is 12.9. The van der Waals surface area contributed by atoms with Crippen LogP contribution in [-0.4, -0.2) is 11.6 Å². The Kier molecular flexibility index (Phi) is 7.83. The molecule has 0 fully saturated rings. The summed E-state index contributed by atoms with van der Waals surface area (Å²) in [5.74, 6) is -11.7. The van der Waals surface area contributed by atoms with Gasteiger partial charge >= 0.3 is 0 Å². The Labute approximate surface area is 234 Å². The van der Waals surface area contributed by atoms with Crippen LogP contribution in [-0.2, 0) is 11.4 Å². The zero-order valence-corrected chi connectivity index (χ0v) is 22.9. The molecule has 1 amide bonds. The maximum Gasteiger partial charge on any atom is 0.280 e. The van der Waals surface area contributed by atoms with Gasteiger partial charge < -0.3 is 4.74 Å². The van der Waals surface area contributed by atoms with Crippen LogP contribution in [0.4, 0.5) is 27.6 Å². The normalized spacial score (nSPS) is 14.2. The number of amides is 1. The van der Waals surface area contributed by atoms with Crippen LogP contribution in [0.2, 0.25) is 0 Å². The van der Waals surface area contributed by atoms with Crippen molar-refractivity contribution in [1.82, 2.24) is 0 Å². The van der Waals surface area contributed by atoms with Crippen molar-refractivity contribution in [3.05, 3.63) is 94.9 Å². The second-order valence-corrected chi connectivity index (χ2v) is 10.1. The Balaban J connectivity index is 1.71. The van der Waals surface area contributed by atoms with Gasteiger partial charge in [0, 0.05) is 9.13 Å². The Morgan fingerprint density at radius 3 is 2.19 bits per heavy atom. The fraction of sp³-hybridized carbons (Fsp3) is 0.0800. The smallest absolute Gasteiger partial charge is 0.280 e. The van der Waals surface area contributed by atoms with Gasteiger partial charge in [0.15, 0.2) is 23.3 Å². The van der Waals surface area contributed by atoms with Crippen LogP contribution < -0.4 is 9.75 Å². The van der Waals surface area contributed by atoms with Crippen LogP contribution >= 0.6 is 45.2 Å². The van der Waals surface area contributed by atoms with Gasteiger partial charge in [-0.15, -0.1) is 0 Å². The van der Waals surface area contributed by atoms with Gasteiger partial charge in [-0.2, -0.15) is 15.4 Å². The topological polar surface area (TPSA) is 65.7 Å². The molecule has 4 rings (SSSR count). The first kappa shape index (κ1) is 27.0. The van der Waals surface area contributed by atoms with E-state index in [0.29, 0.717) is 20.4 Å². The summed E-state index contributed by atoms with van der Waals surface area (Å²) in [6, 6.07) is 12.3. The van der Waals surface area contributed by atoms with E-state index in [9.17, 15) is 26.7 Å². The zero-order valence-electron chi connectivity index (χ0n) is 18.6. The van der Waals surface area contributed by atoms with E-state index < -0.39 is 40.7 Å². The number of hydrogen-bond donors (Lipinski definition) is 0. The third-order valence-corrected chi connectivity index (χ3v) is 6.69. The van der Waals surface area contributed by atoms with Crippen LogP contribution in [0, 0.1) is 47.6 Å². The highest BCUT2D eigenvalue weighted by atomic mass is 127. The summed E-state index contributed by atoms with van der Waals surface area (Å²) >= 11 is 4.11. The fourth-order valence-electron chi connectivity index (χ4n) is 3.44. The first-order valence-electron chi connectivity index (χ1n) is 10.3. The third kappa shape index (κ3) is 5.19. The highest BCUT2D eigenvalue weighted by molar-refractivity contribution is 14.1. The molecule has 0 aliphatic carbocycles. The van der Waals surface area contributed by atoms with E-state index >= 15 is 0 Å². The molecule has 0 unspecified atom stereocenters. The van der Waals surface area contributed by atoms with E-state index in [1.165, 1.54) is 13.0 Å². The molecule has 188 valence electrons. The Bertz CT molecular complexity index is 1520. The average molecular weight is 735 g/mol. The first-order valence-corrected chi connectivity index (χ1v) is 12.4. The summed E-state index contributed by atoms with van der Waals surface area (Å²) < 4.78 is 77.1. The van der Waals surface area contributed by atoms with E-state index in [2.05, 4.69) is 27.7 Å². The standard InChI is InChI=1S/C25H12F5I2N3O2/c1-11-16(25(36)35(34-11)23-21(29)19(27)18(26)20(28)22(23)30)7-14-6-15(31)8-17(32)24(14)37-10-13-4-2-12(9-33)3-5-13/h2-8H,10H2,1H3/b16-7-. The molecule has 3 aromatic carbocycles. The second kappa shape index (κ2) is 10.7. The molecule has 1 heterocycles. The molecule has 0 radical (unpaired) electrons. The van der Waals surface area contributed by atoms with Crippen molar-refractivity contribution >= 4 is 68.6 Å². The van der Waals surface area contributed by atoms with E-state index in [1.54, 1.807) is 30.3 Å². The molecule has 0 aromatic heterocycles. The lowest BCUT2D eigenvalue weighted by atomic mass is 10.1. The average Bonchev–Trinajstić information content (AvgIpc) is 3.14. The number of nitrogens with zero attached hydrogens (tertiary/aromatic N) is 3. The van der Waals surface area contributed by atoms with E-state index in [-0.39, 0.29) is 22.9 Å². The van der Waals surface area contributed by atoms with Gasteiger partial charge in [-0.25, -0.2) is 22.0 Å². The summed E-state index contributed by atoms with van der Waals surface area (Å²) in [6.07, 6.45) is 1.38. The summed E-state index contributed by atoms with van der Waals surface area (Å²) in [7, 11) is 0. The molecular formula is C25H12F5I2N3O2. The van der Waals surface area contributed by atoms with Gasteiger partial charge in [-0.1, -0.05) is 12.1 Å². The molecule has 0 N–H and O–H groups in total. The van der Waals surface area contributed by atoms with Crippen molar-refractivity contribution in [1.29, 1.82) is 5.26 Å². The Hall–Kier alpha value is -3.06. The quantitative estimate of drug-likeness (QED) is 0.0948. The number of benzene rings is 3. The number of rotatable bonds is 5. The minimum Gasteiger partial charge on any atom is -0.487 e.